The average Bonchev–Trinajstić information content (AvgIpc) is 2.96. The number of pyridine rings is 1. The molecule has 1 aliphatic rings. The molecule has 24 heavy (non-hydrogen) atoms. The van der Waals surface area contributed by atoms with E-state index in [1.165, 1.54) is 4.90 Å². The summed E-state index contributed by atoms with van der Waals surface area (Å²) in [7, 11) is 0. The van der Waals surface area contributed by atoms with E-state index >= 15 is 0 Å². The molecule has 0 aliphatic carbocycles. The van der Waals surface area contributed by atoms with E-state index in [1.807, 2.05) is 45.2 Å². The Morgan fingerprint density at radius 1 is 1.50 bits per heavy atom. The molecule has 0 aromatic carbocycles. The van der Waals surface area contributed by atoms with Gasteiger partial charge in [0.2, 0.25) is 0 Å². The van der Waals surface area contributed by atoms with Crippen LogP contribution in [-0.4, -0.2) is 38.7 Å². The Hall–Kier alpha value is -2.81. The van der Waals surface area contributed by atoms with Crippen molar-refractivity contribution in [1.82, 2.24) is 14.9 Å². The molecule has 2 atom stereocenters. The maximum atomic E-state index is 11.8. The number of H-pyrrole nitrogens is 1. The van der Waals surface area contributed by atoms with Crippen LogP contribution in [0.5, 0.6) is 0 Å². The number of hydrogen-bond donors (Lipinski definition) is 2. The normalized spacial score (nSPS) is 21.4. The first-order valence-electron chi connectivity index (χ1n) is 7.85. The summed E-state index contributed by atoms with van der Waals surface area (Å²) in [4.78, 5) is 20.6. The van der Waals surface area contributed by atoms with E-state index in [0.717, 1.165) is 22.2 Å². The molecule has 3 rings (SSSR count). The van der Waals surface area contributed by atoms with E-state index in [4.69, 9.17) is 0 Å². The molecular formula is C18H20N4O2. The van der Waals surface area contributed by atoms with Crippen LogP contribution in [-0.2, 0) is 0 Å². The van der Waals surface area contributed by atoms with Crippen LogP contribution < -0.4 is 0 Å². The molecule has 2 unspecified atom stereocenters. The molecule has 1 aliphatic heterocycles. The summed E-state index contributed by atoms with van der Waals surface area (Å²) in [5.41, 5.74) is 2.16. The maximum Gasteiger partial charge on any atom is 0.407 e. The molecule has 6 nitrogen and oxygen atoms in total. The number of fused-ring (bicyclic) bond motifs is 1. The lowest BCUT2D eigenvalue weighted by molar-refractivity contribution is 0.0756. The molecule has 0 spiro atoms. The minimum atomic E-state index is -1.00. The quantitative estimate of drug-likeness (QED) is 0.839. The Bertz CT molecular complexity index is 854. The van der Waals surface area contributed by atoms with Crippen molar-refractivity contribution in [2.45, 2.75) is 26.8 Å². The van der Waals surface area contributed by atoms with Crippen LogP contribution in [0, 0.1) is 22.7 Å². The Morgan fingerprint density at radius 3 is 2.88 bits per heavy atom. The highest BCUT2D eigenvalue weighted by Gasteiger charge is 2.42. The van der Waals surface area contributed by atoms with E-state index in [2.05, 4.69) is 16.0 Å². The summed E-state index contributed by atoms with van der Waals surface area (Å²) < 4.78 is 0. The zero-order valence-corrected chi connectivity index (χ0v) is 13.9. The maximum absolute atomic E-state index is 11.8. The van der Waals surface area contributed by atoms with E-state index in [9.17, 15) is 15.2 Å². The van der Waals surface area contributed by atoms with Gasteiger partial charge >= 0.3 is 6.09 Å². The summed E-state index contributed by atoms with van der Waals surface area (Å²) in [6, 6.07) is 5.68. The highest BCUT2D eigenvalue weighted by atomic mass is 16.4. The SMILES string of the molecule is CC(C)(C)C1C(C#N)C=C(c2c[nH]c3ncccc23)CN1C(=O)O. The zero-order chi connectivity index (χ0) is 17.5. The topological polar surface area (TPSA) is 93.0 Å². The monoisotopic (exact) mass is 324 g/mol. The van der Waals surface area contributed by atoms with Crippen LogP contribution in [0.25, 0.3) is 16.6 Å². The molecular weight excluding hydrogens is 304 g/mol. The Balaban J connectivity index is 2.11. The molecule has 0 saturated carbocycles. The van der Waals surface area contributed by atoms with Crippen molar-refractivity contribution in [3.63, 3.8) is 0 Å². The Labute approximate surface area is 140 Å². The minimum absolute atomic E-state index is 0.261. The molecule has 0 fully saturated rings. The van der Waals surface area contributed by atoms with Gasteiger partial charge in [0, 0.05) is 29.9 Å². The first-order valence-corrected chi connectivity index (χ1v) is 7.85. The van der Waals surface area contributed by atoms with E-state index in [-0.39, 0.29) is 18.0 Å². The summed E-state index contributed by atoms with van der Waals surface area (Å²) >= 11 is 0. The lowest BCUT2D eigenvalue weighted by Crippen LogP contribution is -2.53. The second-order valence-electron chi connectivity index (χ2n) is 7.17. The fraction of sp³-hybridized carbons (Fsp3) is 0.389. The van der Waals surface area contributed by atoms with Crippen molar-refractivity contribution in [2.24, 2.45) is 11.3 Å². The van der Waals surface area contributed by atoms with Gasteiger partial charge in [-0.15, -0.1) is 0 Å². The molecule has 124 valence electrons. The number of nitrogens with zero attached hydrogens (tertiary/aromatic N) is 3. The number of aromatic amines is 1. The number of nitriles is 1. The number of rotatable bonds is 1. The number of hydrogen-bond acceptors (Lipinski definition) is 3. The molecule has 0 bridgehead atoms. The van der Waals surface area contributed by atoms with Gasteiger partial charge in [-0.05, 0) is 23.1 Å². The Kier molecular flexibility index (Phi) is 3.80. The van der Waals surface area contributed by atoms with Gasteiger partial charge in [0.1, 0.15) is 5.65 Å². The predicted molar refractivity (Wildman–Crippen MR) is 91.1 cm³/mol. The third kappa shape index (κ3) is 2.62. The lowest BCUT2D eigenvalue weighted by atomic mass is 9.75. The van der Waals surface area contributed by atoms with Crippen LogP contribution in [0.2, 0.25) is 0 Å². The summed E-state index contributed by atoms with van der Waals surface area (Å²) in [6.45, 7) is 6.16. The predicted octanol–water partition coefficient (Wildman–Crippen LogP) is 3.49. The lowest BCUT2D eigenvalue weighted by Gasteiger charge is -2.43. The fourth-order valence-electron chi connectivity index (χ4n) is 3.53. The molecule has 1 amide bonds. The van der Waals surface area contributed by atoms with Crippen molar-refractivity contribution < 1.29 is 9.90 Å². The van der Waals surface area contributed by atoms with Gasteiger partial charge in [-0.2, -0.15) is 5.26 Å². The van der Waals surface area contributed by atoms with Crippen molar-refractivity contribution in [2.75, 3.05) is 6.54 Å². The summed E-state index contributed by atoms with van der Waals surface area (Å²) in [5.74, 6) is -0.494. The van der Waals surface area contributed by atoms with Crippen LogP contribution in [0.4, 0.5) is 4.79 Å². The third-order valence-corrected chi connectivity index (χ3v) is 4.48. The first-order chi connectivity index (χ1) is 11.3. The van der Waals surface area contributed by atoms with Crippen molar-refractivity contribution in [3.8, 4) is 6.07 Å². The van der Waals surface area contributed by atoms with Crippen molar-refractivity contribution in [3.05, 3.63) is 36.2 Å². The summed E-state index contributed by atoms with van der Waals surface area (Å²) in [6.07, 6.45) is 4.44. The van der Waals surface area contributed by atoms with E-state index < -0.39 is 12.0 Å². The molecule has 2 aromatic heterocycles. The third-order valence-electron chi connectivity index (χ3n) is 4.48. The largest absolute Gasteiger partial charge is 0.465 e. The molecule has 2 N–H and O–H groups in total. The van der Waals surface area contributed by atoms with Gasteiger partial charge in [-0.1, -0.05) is 26.8 Å². The van der Waals surface area contributed by atoms with Crippen LogP contribution >= 0.6 is 0 Å². The van der Waals surface area contributed by atoms with Gasteiger partial charge in [-0.25, -0.2) is 9.78 Å². The van der Waals surface area contributed by atoms with Gasteiger partial charge in [-0.3, -0.25) is 4.90 Å². The fourth-order valence-corrected chi connectivity index (χ4v) is 3.53. The minimum Gasteiger partial charge on any atom is -0.465 e. The first kappa shape index (κ1) is 16.1. The number of amides is 1. The number of aromatic nitrogens is 2. The number of carbonyl (C=O) groups is 1. The molecule has 0 radical (unpaired) electrons. The second kappa shape index (κ2) is 5.68. The van der Waals surface area contributed by atoms with Crippen molar-refractivity contribution in [1.29, 1.82) is 5.26 Å². The van der Waals surface area contributed by atoms with Gasteiger partial charge in [0.15, 0.2) is 0 Å². The molecule has 3 heterocycles. The second-order valence-corrected chi connectivity index (χ2v) is 7.17. The van der Waals surface area contributed by atoms with Crippen LogP contribution in [0.1, 0.15) is 26.3 Å². The van der Waals surface area contributed by atoms with Crippen LogP contribution in [0.3, 0.4) is 0 Å². The van der Waals surface area contributed by atoms with Gasteiger partial charge in [0.25, 0.3) is 0 Å². The van der Waals surface area contributed by atoms with Gasteiger partial charge < -0.3 is 10.1 Å². The average molecular weight is 324 g/mol. The van der Waals surface area contributed by atoms with Crippen molar-refractivity contribution >= 4 is 22.7 Å². The molecule has 6 heteroatoms. The smallest absolute Gasteiger partial charge is 0.407 e. The highest BCUT2D eigenvalue weighted by Crippen LogP contribution is 2.38. The Morgan fingerprint density at radius 2 is 2.25 bits per heavy atom. The summed E-state index contributed by atoms with van der Waals surface area (Å²) in [5, 5.41) is 20.2. The molecule has 2 aromatic rings. The number of carboxylic acid groups (broad SMARTS) is 1. The standard InChI is InChI=1S/C18H20N4O2/c1-18(2,3)15-11(8-19)7-12(10-22(15)17(23)24)14-9-21-16-13(14)5-4-6-20-16/h4-7,9,11,15H,10H2,1-3H3,(H,20,21)(H,23,24). The van der Waals surface area contributed by atoms with E-state index in [1.54, 1.807) is 6.20 Å². The highest BCUT2D eigenvalue weighted by molar-refractivity contribution is 5.92. The zero-order valence-electron chi connectivity index (χ0n) is 13.9. The van der Waals surface area contributed by atoms with E-state index in [0.29, 0.717) is 0 Å². The van der Waals surface area contributed by atoms with Crippen LogP contribution in [0.15, 0.2) is 30.6 Å². The number of nitrogens with one attached hydrogen (secondary N) is 1. The van der Waals surface area contributed by atoms with Gasteiger partial charge in [0.05, 0.1) is 18.0 Å². The molecule has 0 saturated heterocycles.